The highest BCUT2D eigenvalue weighted by Crippen LogP contribution is 2.22. The van der Waals surface area contributed by atoms with Crippen LogP contribution in [0.3, 0.4) is 0 Å². The molecule has 0 aromatic heterocycles. The Balaban J connectivity index is 2.47. The van der Waals surface area contributed by atoms with Gasteiger partial charge in [0.2, 0.25) is 0 Å². The third-order valence-corrected chi connectivity index (χ3v) is 2.72. The summed E-state index contributed by atoms with van der Waals surface area (Å²) in [6, 6.07) is 6.53. The molecule has 2 rings (SSSR count). The van der Waals surface area contributed by atoms with Crippen LogP contribution in [-0.4, -0.2) is 0 Å². The lowest BCUT2D eigenvalue weighted by molar-refractivity contribution is 0.851. The van der Waals surface area contributed by atoms with E-state index >= 15 is 0 Å². The van der Waals surface area contributed by atoms with Gasteiger partial charge in [0.25, 0.3) is 0 Å². The van der Waals surface area contributed by atoms with Gasteiger partial charge in [0.1, 0.15) is 0 Å². The van der Waals surface area contributed by atoms with Gasteiger partial charge in [-0.25, -0.2) is 0 Å². The van der Waals surface area contributed by atoms with Crippen molar-refractivity contribution in [1.29, 1.82) is 0 Å². The van der Waals surface area contributed by atoms with E-state index in [4.69, 9.17) is 0 Å². The van der Waals surface area contributed by atoms with E-state index < -0.39 is 0 Å². The monoisotopic (exact) mass is 222 g/mol. The highest BCUT2D eigenvalue weighted by Gasteiger charge is 2.02. The summed E-state index contributed by atoms with van der Waals surface area (Å²) in [5, 5.41) is 0. The number of hydrogen-bond donors (Lipinski definition) is 0. The van der Waals surface area contributed by atoms with Gasteiger partial charge in [0, 0.05) is 4.47 Å². The van der Waals surface area contributed by atoms with E-state index in [1.807, 2.05) is 0 Å². The number of allylic oxidation sites excluding steroid dienone is 1. The molecular formula is C11H11Br. The van der Waals surface area contributed by atoms with Crippen molar-refractivity contribution in [3.63, 3.8) is 0 Å². The van der Waals surface area contributed by atoms with Gasteiger partial charge < -0.3 is 0 Å². The molecule has 0 heterocycles. The molecule has 0 saturated heterocycles. The first-order chi connectivity index (χ1) is 5.86. The van der Waals surface area contributed by atoms with Crippen molar-refractivity contribution in [3.05, 3.63) is 39.9 Å². The fraction of sp³-hybridized carbons (Fsp3) is 0.273. The van der Waals surface area contributed by atoms with Gasteiger partial charge in [-0.05, 0) is 42.5 Å². The second-order valence-corrected chi connectivity index (χ2v) is 4.05. The normalized spacial score (nSPS) is 15.4. The van der Waals surface area contributed by atoms with Crippen LogP contribution >= 0.6 is 15.9 Å². The molecule has 0 spiro atoms. The molecule has 1 aromatic carbocycles. The molecule has 1 aliphatic rings. The molecular weight excluding hydrogens is 212 g/mol. The molecule has 1 aromatic rings. The summed E-state index contributed by atoms with van der Waals surface area (Å²) in [5.41, 5.74) is 2.86. The van der Waals surface area contributed by atoms with E-state index in [1.165, 1.54) is 34.9 Å². The smallest absolute Gasteiger partial charge is 0.0181 e. The summed E-state index contributed by atoms with van der Waals surface area (Å²) in [6.45, 7) is 0. The minimum Gasteiger partial charge on any atom is -0.0839 e. The molecule has 0 amide bonds. The second kappa shape index (κ2) is 3.44. The highest BCUT2D eigenvalue weighted by atomic mass is 79.9. The number of benzene rings is 1. The first-order valence-corrected chi connectivity index (χ1v) is 5.10. The number of aryl methyl sites for hydroxylation is 1. The number of halogens is 1. The standard InChI is InChI=1S/C11H11Br/c12-11-7-6-9-4-2-1-3-5-10(9)8-11/h3,5-8H,1-2,4H2. The van der Waals surface area contributed by atoms with Gasteiger partial charge in [-0.2, -0.15) is 0 Å². The minimum atomic E-state index is 1.17. The van der Waals surface area contributed by atoms with Gasteiger partial charge in [-0.15, -0.1) is 0 Å². The summed E-state index contributed by atoms with van der Waals surface area (Å²) < 4.78 is 1.17. The summed E-state index contributed by atoms with van der Waals surface area (Å²) >= 11 is 3.48. The topological polar surface area (TPSA) is 0 Å². The molecule has 1 aliphatic carbocycles. The van der Waals surface area contributed by atoms with E-state index in [0.717, 1.165) is 0 Å². The lowest BCUT2D eigenvalue weighted by Crippen LogP contribution is -1.86. The van der Waals surface area contributed by atoms with Crippen molar-refractivity contribution in [3.8, 4) is 0 Å². The van der Waals surface area contributed by atoms with Crippen LogP contribution in [0.25, 0.3) is 6.08 Å². The molecule has 0 atom stereocenters. The van der Waals surface area contributed by atoms with Gasteiger partial charge in [0.05, 0.1) is 0 Å². The van der Waals surface area contributed by atoms with Crippen LogP contribution in [0.15, 0.2) is 28.7 Å². The van der Waals surface area contributed by atoms with Crippen LogP contribution in [0, 0.1) is 0 Å². The van der Waals surface area contributed by atoms with Crippen LogP contribution < -0.4 is 0 Å². The summed E-state index contributed by atoms with van der Waals surface area (Å²) in [7, 11) is 0. The maximum atomic E-state index is 3.48. The van der Waals surface area contributed by atoms with Crippen LogP contribution in [0.4, 0.5) is 0 Å². The molecule has 0 unspecified atom stereocenters. The van der Waals surface area contributed by atoms with Gasteiger partial charge in [0.15, 0.2) is 0 Å². The third-order valence-electron chi connectivity index (χ3n) is 2.22. The van der Waals surface area contributed by atoms with Crippen molar-refractivity contribution in [2.75, 3.05) is 0 Å². The zero-order valence-electron chi connectivity index (χ0n) is 6.89. The fourth-order valence-corrected chi connectivity index (χ4v) is 1.95. The Kier molecular flexibility index (Phi) is 2.31. The number of hydrogen-bond acceptors (Lipinski definition) is 0. The molecule has 0 N–H and O–H groups in total. The molecule has 1 heteroatoms. The van der Waals surface area contributed by atoms with Gasteiger partial charge in [-0.1, -0.05) is 34.1 Å². The largest absolute Gasteiger partial charge is 0.0839 e. The summed E-state index contributed by atoms with van der Waals surface area (Å²) in [4.78, 5) is 0. The van der Waals surface area contributed by atoms with E-state index in [1.54, 1.807) is 0 Å². The predicted octanol–water partition coefficient (Wildman–Crippen LogP) is 3.80. The Hall–Kier alpha value is -0.560. The molecule has 0 fully saturated rings. The summed E-state index contributed by atoms with van der Waals surface area (Å²) in [5.74, 6) is 0. The Morgan fingerprint density at radius 3 is 3.08 bits per heavy atom. The highest BCUT2D eigenvalue weighted by molar-refractivity contribution is 9.10. The first-order valence-electron chi connectivity index (χ1n) is 4.31. The molecule has 12 heavy (non-hydrogen) atoms. The number of rotatable bonds is 0. The van der Waals surface area contributed by atoms with E-state index in [-0.39, 0.29) is 0 Å². The Labute approximate surface area is 81.4 Å². The maximum absolute atomic E-state index is 3.48. The average Bonchev–Trinajstić information content (AvgIpc) is 2.28. The van der Waals surface area contributed by atoms with Crippen LogP contribution in [0.2, 0.25) is 0 Å². The van der Waals surface area contributed by atoms with E-state index in [9.17, 15) is 0 Å². The van der Waals surface area contributed by atoms with Crippen molar-refractivity contribution in [2.24, 2.45) is 0 Å². The zero-order chi connectivity index (χ0) is 8.39. The van der Waals surface area contributed by atoms with Crippen LogP contribution in [-0.2, 0) is 6.42 Å². The molecule has 62 valence electrons. The van der Waals surface area contributed by atoms with Crippen molar-refractivity contribution in [2.45, 2.75) is 19.3 Å². The fourth-order valence-electron chi connectivity index (χ4n) is 1.57. The van der Waals surface area contributed by atoms with Crippen molar-refractivity contribution in [1.82, 2.24) is 0 Å². The lowest BCUT2D eigenvalue weighted by Gasteiger charge is -2.02. The van der Waals surface area contributed by atoms with Crippen molar-refractivity contribution < 1.29 is 0 Å². The first kappa shape index (κ1) is 8.06. The molecule has 0 bridgehead atoms. The minimum absolute atomic E-state index is 1.17. The Bertz CT molecular complexity index is 313. The third kappa shape index (κ3) is 1.61. The van der Waals surface area contributed by atoms with Crippen LogP contribution in [0.1, 0.15) is 24.0 Å². The molecule has 0 nitrogen and oxygen atoms in total. The van der Waals surface area contributed by atoms with Crippen molar-refractivity contribution >= 4 is 22.0 Å². The van der Waals surface area contributed by atoms with E-state index in [0.29, 0.717) is 0 Å². The summed E-state index contributed by atoms with van der Waals surface area (Å²) in [6.07, 6.45) is 8.21. The molecule has 0 radical (unpaired) electrons. The second-order valence-electron chi connectivity index (χ2n) is 3.14. The van der Waals surface area contributed by atoms with E-state index in [2.05, 4.69) is 46.3 Å². The SMILES string of the molecule is Brc1ccc2c(c1)C=CCCC2. The van der Waals surface area contributed by atoms with Gasteiger partial charge in [-0.3, -0.25) is 0 Å². The predicted molar refractivity (Wildman–Crippen MR) is 56.1 cm³/mol. The maximum Gasteiger partial charge on any atom is 0.0181 e. The average molecular weight is 223 g/mol. The Morgan fingerprint density at radius 1 is 1.25 bits per heavy atom. The molecule has 0 aliphatic heterocycles. The number of fused-ring (bicyclic) bond motifs is 1. The van der Waals surface area contributed by atoms with Gasteiger partial charge >= 0.3 is 0 Å². The molecule has 0 saturated carbocycles. The quantitative estimate of drug-likeness (QED) is 0.627. The lowest BCUT2D eigenvalue weighted by atomic mass is 10.1. The Morgan fingerprint density at radius 2 is 2.17 bits per heavy atom. The zero-order valence-corrected chi connectivity index (χ0v) is 8.47. The van der Waals surface area contributed by atoms with Crippen LogP contribution in [0.5, 0.6) is 0 Å².